The van der Waals surface area contributed by atoms with Crippen molar-refractivity contribution >= 4 is 23.2 Å². The van der Waals surface area contributed by atoms with E-state index < -0.39 is 0 Å². The molecule has 2 atom stereocenters. The van der Waals surface area contributed by atoms with Crippen molar-refractivity contribution in [3.8, 4) is 0 Å². The first-order valence-electron chi connectivity index (χ1n) is 7.45. The van der Waals surface area contributed by atoms with Crippen molar-refractivity contribution in [2.24, 2.45) is 0 Å². The van der Waals surface area contributed by atoms with E-state index in [4.69, 9.17) is 23.2 Å². The fourth-order valence-corrected chi connectivity index (χ4v) is 4.02. The lowest BCUT2D eigenvalue weighted by Gasteiger charge is -2.37. The zero-order valence-corrected chi connectivity index (χ0v) is 13.3. The molecule has 2 saturated heterocycles. The van der Waals surface area contributed by atoms with Gasteiger partial charge < -0.3 is 5.32 Å². The van der Waals surface area contributed by atoms with Crippen LogP contribution in [0.4, 0.5) is 0 Å². The van der Waals surface area contributed by atoms with Gasteiger partial charge in [0, 0.05) is 41.5 Å². The highest BCUT2D eigenvalue weighted by Gasteiger charge is 2.35. The summed E-state index contributed by atoms with van der Waals surface area (Å²) in [6, 6.07) is 3.82. The van der Waals surface area contributed by atoms with Crippen LogP contribution in [0.3, 0.4) is 0 Å². The van der Waals surface area contributed by atoms with Crippen LogP contribution in [-0.2, 0) is 6.54 Å². The Hall–Kier alpha value is -0.350. The maximum Gasteiger partial charge on any atom is 0.130 e. The van der Waals surface area contributed by atoms with Crippen LogP contribution in [0.15, 0.2) is 12.3 Å². The highest BCUT2D eigenvalue weighted by Crippen LogP contribution is 2.31. The molecule has 5 heteroatoms. The molecule has 0 aliphatic carbocycles. The Bertz CT molecular complexity index is 468. The van der Waals surface area contributed by atoms with Crippen LogP contribution in [0.25, 0.3) is 0 Å². The summed E-state index contributed by atoms with van der Waals surface area (Å²) in [7, 11) is 0. The van der Waals surface area contributed by atoms with E-state index in [0.29, 0.717) is 23.3 Å². The number of nitrogens with zero attached hydrogens (tertiary/aromatic N) is 2. The summed E-state index contributed by atoms with van der Waals surface area (Å²) in [6.07, 6.45) is 6.99. The van der Waals surface area contributed by atoms with E-state index in [1.54, 1.807) is 6.07 Å². The molecule has 20 heavy (non-hydrogen) atoms. The molecule has 2 aliphatic heterocycles. The highest BCUT2D eigenvalue weighted by atomic mass is 35.5. The van der Waals surface area contributed by atoms with Crippen molar-refractivity contribution in [1.29, 1.82) is 0 Å². The Morgan fingerprint density at radius 1 is 1.30 bits per heavy atom. The molecule has 2 bridgehead atoms. The molecule has 1 aromatic rings. The molecule has 0 spiro atoms. The number of piperidine rings is 1. The van der Waals surface area contributed by atoms with Gasteiger partial charge >= 0.3 is 0 Å². The Kier molecular flexibility index (Phi) is 4.51. The van der Waals surface area contributed by atoms with Crippen molar-refractivity contribution in [2.75, 3.05) is 6.54 Å². The van der Waals surface area contributed by atoms with Crippen LogP contribution in [0.5, 0.6) is 0 Å². The van der Waals surface area contributed by atoms with Gasteiger partial charge in [-0.2, -0.15) is 0 Å². The lowest BCUT2D eigenvalue weighted by atomic mass is 9.97. The SMILES string of the molecule is CCN(Cc1cnc(Cl)cc1Cl)C1CC2CCC(C1)N2. The van der Waals surface area contributed by atoms with Gasteiger partial charge in [0.15, 0.2) is 0 Å². The lowest BCUT2D eigenvalue weighted by molar-refractivity contribution is 0.140. The van der Waals surface area contributed by atoms with Gasteiger partial charge in [0.2, 0.25) is 0 Å². The molecule has 2 aliphatic rings. The Labute approximate surface area is 130 Å². The first kappa shape index (κ1) is 14.6. The van der Waals surface area contributed by atoms with Crippen LogP contribution in [0, 0.1) is 0 Å². The average Bonchev–Trinajstić information content (AvgIpc) is 2.77. The van der Waals surface area contributed by atoms with Crippen molar-refractivity contribution in [3.63, 3.8) is 0 Å². The third kappa shape index (κ3) is 3.11. The molecule has 3 nitrogen and oxygen atoms in total. The number of hydrogen-bond donors (Lipinski definition) is 1. The lowest BCUT2D eigenvalue weighted by Crippen LogP contribution is -2.47. The first-order chi connectivity index (χ1) is 9.65. The molecule has 3 rings (SSSR count). The van der Waals surface area contributed by atoms with Gasteiger partial charge in [0.1, 0.15) is 5.15 Å². The Balaban J connectivity index is 1.70. The van der Waals surface area contributed by atoms with E-state index >= 15 is 0 Å². The van der Waals surface area contributed by atoms with E-state index in [9.17, 15) is 0 Å². The summed E-state index contributed by atoms with van der Waals surface area (Å²) >= 11 is 12.1. The summed E-state index contributed by atoms with van der Waals surface area (Å²) in [5, 5.41) is 4.88. The molecular formula is C15H21Cl2N3. The largest absolute Gasteiger partial charge is 0.311 e. The molecule has 1 aromatic heterocycles. The van der Waals surface area contributed by atoms with Gasteiger partial charge in [-0.25, -0.2) is 4.98 Å². The van der Waals surface area contributed by atoms with Gasteiger partial charge in [0.05, 0.1) is 0 Å². The van der Waals surface area contributed by atoms with E-state index in [2.05, 4.69) is 22.1 Å². The normalized spacial score (nSPS) is 29.1. The second kappa shape index (κ2) is 6.18. The molecule has 2 unspecified atom stereocenters. The monoisotopic (exact) mass is 313 g/mol. The number of pyridine rings is 1. The van der Waals surface area contributed by atoms with Gasteiger partial charge in [-0.05, 0) is 38.3 Å². The molecule has 0 amide bonds. The van der Waals surface area contributed by atoms with E-state index in [0.717, 1.165) is 23.7 Å². The number of fused-ring (bicyclic) bond motifs is 2. The quantitative estimate of drug-likeness (QED) is 0.862. The van der Waals surface area contributed by atoms with Crippen molar-refractivity contribution < 1.29 is 0 Å². The summed E-state index contributed by atoms with van der Waals surface area (Å²) in [5.74, 6) is 0. The van der Waals surface area contributed by atoms with Gasteiger partial charge in [-0.15, -0.1) is 0 Å². The minimum Gasteiger partial charge on any atom is -0.311 e. The zero-order valence-electron chi connectivity index (χ0n) is 11.8. The molecule has 110 valence electrons. The average molecular weight is 314 g/mol. The third-order valence-corrected chi connectivity index (χ3v) is 5.20. The van der Waals surface area contributed by atoms with Crippen molar-refractivity contribution in [2.45, 2.75) is 57.3 Å². The number of nitrogens with one attached hydrogen (secondary N) is 1. The number of aromatic nitrogens is 1. The minimum atomic E-state index is 0.460. The van der Waals surface area contributed by atoms with Gasteiger partial charge in [-0.1, -0.05) is 30.1 Å². The number of rotatable bonds is 4. The second-order valence-corrected chi connectivity index (χ2v) is 6.72. The number of hydrogen-bond acceptors (Lipinski definition) is 3. The molecule has 0 aromatic carbocycles. The summed E-state index contributed by atoms with van der Waals surface area (Å²) in [6.45, 7) is 4.13. The van der Waals surface area contributed by atoms with E-state index in [1.807, 2.05) is 6.20 Å². The molecule has 0 saturated carbocycles. The zero-order chi connectivity index (χ0) is 14.1. The highest BCUT2D eigenvalue weighted by molar-refractivity contribution is 6.34. The standard InChI is InChI=1S/C15H21Cl2N3/c1-2-20(9-10-8-18-15(17)7-14(10)16)13-5-11-3-4-12(6-13)19-11/h7-8,11-13,19H,2-6,9H2,1H3. The van der Waals surface area contributed by atoms with Gasteiger partial charge in [0.25, 0.3) is 0 Å². The van der Waals surface area contributed by atoms with Crippen LogP contribution in [-0.4, -0.2) is 34.6 Å². The van der Waals surface area contributed by atoms with Crippen molar-refractivity contribution in [3.05, 3.63) is 28.0 Å². The summed E-state index contributed by atoms with van der Waals surface area (Å²) < 4.78 is 0. The topological polar surface area (TPSA) is 28.2 Å². The molecule has 3 heterocycles. The fourth-order valence-electron chi connectivity index (χ4n) is 3.60. The maximum atomic E-state index is 6.28. The molecule has 0 radical (unpaired) electrons. The predicted molar refractivity (Wildman–Crippen MR) is 83.3 cm³/mol. The summed E-state index contributed by atoms with van der Waals surface area (Å²) in [5.41, 5.74) is 1.07. The molecule has 2 fully saturated rings. The van der Waals surface area contributed by atoms with E-state index in [-0.39, 0.29) is 0 Å². The summed E-state index contributed by atoms with van der Waals surface area (Å²) in [4.78, 5) is 6.69. The van der Waals surface area contributed by atoms with Crippen LogP contribution < -0.4 is 5.32 Å². The van der Waals surface area contributed by atoms with E-state index in [1.165, 1.54) is 25.7 Å². The molecular weight excluding hydrogens is 293 g/mol. The maximum absolute atomic E-state index is 6.28. The van der Waals surface area contributed by atoms with Gasteiger partial charge in [-0.3, -0.25) is 4.90 Å². The smallest absolute Gasteiger partial charge is 0.130 e. The van der Waals surface area contributed by atoms with Crippen LogP contribution >= 0.6 is 23.2 Å². The fraction of sp³-hybridized carbons (Fsp3) is 0.667. The second-order valence-electron chi connectivity index (χ2n) is 5.92. The molecule has 1 N–H and O–H groups in total. The Morgan fingerprint density at radius 3 is 2.60 bits per heavy atom. The van der Waals surface area contributed by atoms with Crippen LogP contribution in [0.2, 0.25) is 10.2 Å². The van der Waals surface area contributed by atoms with Crippen LogP contribution in [0.1, 0.15) is 38.2 Å². The Morgan fingerprint density at radius 2 is 2.00 bits per heavy atom. The first-order valence-corrected chi connectivity index (χ1v) is 8.21. The number of halogens is 2. The third-order valence-electron chi connectivity index (χ3n) is 4.64. The minimum absolute atomic E-state index is 0.460. The predicted octanol–water partition coefficient (Wildman–Crippen LogP) is 3.49. The van der Waals surface area contributed by atoms with Crippen molar-refractivity contribution in [1.82, 2.24) is 15.2 Å².